The fourth-order valence-corrected chi connectivity index (χ4v) is 6.05. The van der Waals surface area contributed by atoms with Crippen molar-refractivity contribution in [1.82, 2.24) is 4.90 Å². The third kappa shape index (κ3) is 7.22. The van der Waals surface area contributed by atoms with Gasteiger partial charge in [-0.2, -0.15) is 26.3 Å². The van der Waals surface area contributed by atoms with E-state index < -0.39 is 58.8 Å². The van der Waals surface area contributed by atoms with Crippen LogP contribution < -0.4 is 15.4 Å². The van der Waals surface area contributed by atoms with Crippen LogP contribution in [0.1, 0.15) is 41.5 Å². The summed E-state index contributed by atoms with van der Waals surface area (Å²) in [6.07, 6.45) is -10.5. The number of methoxy groups -OCH3 is 1. The summed E-state index contributed by atoms with van der Waals surface area (Å²) in [5.41, 5.74) is -3.61. The summed E-state index contributed by atoms with van der Waals surface area (Å²) in [5.74, 6) is -4.14. The largest absolute Gasteiger partial charge is 0.496 e. The van der Waals surface area contributed by atoms with Crippen LogP contribution in [0, 0.1) is 5.82 Å². The first-order valence-corrected chi connectivity index (χ1v) is 14.7. The number of carbonyl (C=O) groups excluding carboxylic acids is 3. The zero-order chi connectivity index (χ0) is 35.0. The molecule has 1 aromatic heterocycles. The predicted molar refractivity (Wildman–Crippen MR) is 160 cm³/mol. The lowest BCUT2D eigenvalue weighted by molar-refractivity contribution is -0.140. The minimum Gasteiger partial charge on any atom is -0.496 e. The van der Waals surface area contributed by atoms with E-state index in [9.17, 15) is 50.2 Å². The second-order valence-electron chi connectivity index (χ2n) is 10.5. The molecule has 17 heteroatoms. The number of ether oxygens (including phenoxy) is 2. The molecule has 4 aromatic rings. The summed E-state index contributed by atoms with van der Waals surface area (Å²) in [4.78, 5) is 41.4. The van der Waals surface area contributed by atoms with Crippen molar-refractivity contribution in [3.05, 3.63) is 87.5 Å². The van der Waals surface area contributed by atoms with Gasteiger partial charge in [0.15, 0.2) is 0 Å². The molecule has 0 saturated carbocycles. The van der Waals surface area contributed by atoms with Crippen LogP contribution in [0.4, 0.5) is 42.1 Å². The van der Waals surface area contributed by atoms with Crippen molar-refractivity contribution in [1.29, 1.82) is 0 Å². The normalized spacial score (nSPS) is 15.4. The van der Waals surface area contributed by atoms with Crippen molar-refractivity contribution in [2.45, 2.75) is 18.5 Å². The van der Waals surface area contributed by atoms with E-state index in [0.717, 1.165) is 24.3 Å². The molecule has 3 N–H and O–H groups in total. The number of nitrogens with zero attached hydrogens (tertiary/aromatic N) is 1. The van der Waals surface area contributed by atoms with Gasteiger partial charge in [-0.25, -0.2) is 4.39 Å². The summed E-state index contributed by atoms with van der Waals surface area (Å²) < 4.78 is 105. The monoisotopic (exact) mass is 699 g/mol. The summed E-state index contributed by atoms with van der Waals surface area (Å²) >= 11 is 0.523. The molecule has 0 spiro atoms. The van der Waals surface area contributed by atoms with Crippen LogP contribution >= 0.6 is 11.3 Å². The van der Waals surface area contributed by atoms with Gasteiger partial charge in [-0.05, 0) is 48.5 Å². The second-order valence-corrected chi connectivity index (χ2v) is 11.5. The van der Waals surface area contributed by atoms with Gasteiger partial charge in [-0.3, -0.25) is 14.4 Å². The lowest BCUT2D eigenvalue weighted by atomic mass is 10.1. The van der Waals surface area contributed by atoms with Crippen molar-refractivity contribution in [2.24, 2.45) is 0 Å². The molecule has 1 aliphatic heterocycles. The van der Waals surface area contributed by atoms with Gasteiger partial charge in [-0.1, -0.05) is 6.07 Å². The van der Waals surface area contributed by atoms with Gasteiger partial charge < -0.3 is 30.1 Å². The number of thiophene rings is 1. The number of anilines is 2. The van der Waals surface area contributed by atoms with Gasteiger partial charge >= 0.3 is 12.4 Å². The number of hydrogen-bond donors (Lipinski definition) is 3. The highest BCUT2D eigenvalue weighted by Crippen LogP contribution is 2.41. The van der Waals surface area contributed by atoms with Crippen molar-refractivity contribution in [3.63, 3.8) is 0 Å². The molecule has 0 radical (unpaired) electrons. The van der Waals surface area contributed by atoms with Crippen molar-refractivity contribution < 1.29 is 59.7 Å². The number of aliphatic hydroxyl groups excluding tert-OH is 1. The standard InChI is InChI=1S/C31H24F7N3O6S/c1-46-23-7-2-15(29(45)41-8-9-47-18(13-41)14-42)10-20(23)27(43)40-25-19-5-3-16(30(33,34)35)11-24(19)48-26(25)28(44)39-17-4-6-22(32)21(12-17)31(36,37)38/h2-7,10-12,18,42H,8-9,13-14H2,1H3,(H,39,44)(H,40,43)/t18-/m1/s1. The van der Waals surface area contributed by atoms with Gasteiger partial charge in [0, 0.05) is 34.4 Å². The van der Waals surface area contributed by atoms with Gasteiger partial charge in [-0.15, -0.1) is 11.3 Å². The number of amides is 3. The number of benzene rings is 3. The summed E-state index contributed by atoms with van der Waals surface area (Å²) in [5, 5.41) is 14.1. The minimum atomic E-state index is -5.09. The lowest BCUT2D eigenvalue weighted by Gasteiger charge is -2.32. The number of nitrogens with one attached hydrogen (secondary N) is 2. The second kappa shape index (κ2) is 13.4. The molecule has 0 bridgehead atoms. The molecule has 1 fully saturated rings. The predicted octanol–water partition coefficient (Wildman–Crippen LogP) is 6.42. The molecule has 1 atom stereocenters. The zero-order valence-corrected chi connectivity index (χ0v) is 25.4. The number of aliphatic hydroxyl groups is 1. The fourth-order valence-electron chi connectivity index (χ4n) is 4.96. The Morgan fingerprint density at radius 1 is 0.979 bits per heavy atom. The highest BCUT2D eigenvalue weighted by Gasteiger charge is 2.35. The molecule has 0 unspecified atom stereocenters. The number of halogens is 7. The molecule has 3 amide bonds. The van der Waals surface area contributed by atoms with E-state index in [1.807, 2.05) is 0 Å². The van der Waals surface area contributed by atoms with E-state index in [1.165, 1.54) is 30.2 Å². The Bertz CT molecular complexity index is 1890. The molecule has 9 nitrogen and oxygen atoms in total. The summed E-state index contributed by atoms with van der Waals surface area (Å²) in [7, 11) is 1.25. The molecule has 254 valence electrons. The third-order valence-corrected chi connectivity index (χ3v) is 8.46. The number of alkyl halides is 6. The lowest BCUT2D eigenvalue weighted by Crippen LogP contribution is -2.46. The SMILES string of the molecule is COc1ccc(C(=O)N2CCO[C@@H](CO)C2)cc1C(=O)Nc1c(C(=O)Nc2ccc(F)c(C(F)(F)F)c2)sc2cc(C(F)(F)F)ccc12. The van der Waals surface area contributed by atoms with Gasteiger partial charge in [0.05, 0.1) is 48.8 Å². The number of rotatable bonds is 7. The minimum absolute atomic E-state index is 0.00357. The Balaban J connectivity index is 1.52. The van der Waals surface area contributed by atoms with Crippen LogP contribution in [0.5, 0.6) is 5.75 Å². The Morgan fingerprint density at radius 3 is 2.40 bits per heavy atom. The first-order valence-electron chi connectivity index (χ1n) is 13.9. The molecule has 5 rings (SSSR count). The van der Waals surface area contributed by atoms with Crippen LogP contribution in [0.2, 0.25) is 0 Å². The number of morpholine rings is 1. The number of hydrogen-bond acceptors (Lipinski definition) is 7. The van der Waals surface area contributed by atoms with Crippen LogP contribution in [0.15, 0.2) is 54.6 Å². The molecular formula is C31H24F7N3O6S. The van der Waals surface area contributed by atoms with Crippen LogP contribution in [-0.2, 0) is 17.1 Å². The van der Waals surface area contributed by atoms with Crippen molar-refractivity contribution >= 4 is 50.5 Å². The average molecular weight is 700 g/mol. The van der Waals surface area contributed by atoms with Gasteiger partial charge in [0.25, 0.3) is 17.7 Å². The van der Waals surface area contributed by atoms with Crippen LogP contribution in [-0.4, -0.2) is 67.2 Å². The first-order chi connectivity index (χ1) is 22.6. The Labute approximate surface area is 270 Å². The van der Waals surface area contributed by atoms with E-state index in [2.05, 4.69) is 10.6 Å². The van der Waals surface area contributed by atoms with Crippen LogP contribution in [0.25, 0.3) is 10.1 Å². The maximum atomic E-state index is 13.8. The van der Waals surface area contributed by atoms with Gasteiger partial charge in [0.2, 0.25) is 0 Å². The maximum Gasteiger partial charge on any atom is 0.419 e. The molecule has 2 heterocycles. The number of carbonyl (C=O) groups is 3. The van der Waals surface area contributed by atoms with Gasteiger partial charge in [0.1, 0.15) is 16.4 Å². The van der Waals surface area contributed by atoms with E-state index in [0.29, 0.717) is 23.5 Å². The Hall–Kier alpha value is -4.74. The topological polar surface area (TPSA) is 117 Å². The summed E-state index contributed by atoms with van der Waals surface area (Å²) in [6, 6.07) is 8.15. The highest BCUT2D eigenvalue weighted by molar-refractivity contribution is 7.21. The van der Waals surface area contributed by atoms with E-state index in [1.54, 1.807) is 0 Å². The molecule has 48 heavy (non-hydrogen) atoms. The quantitative estimate of drug-likeness (QED) is 0.192. The Morgan fingerprint density at radius 2 is 1.73 bits per heavy atom. The molecular weight excluding hydrogens is 675 g/mol. The average Bonchev–Trinajstić information content (AvgIpc) is 3.41. The molecule has 1 aliphatic rings. The van der Waals surface area contributed by atoms with E-state index in [-0.39, 0.29) is 63.8 Å². The van der Waals surface area contributed by atoms with E-state index in [4.69, 9.17) is 9.47 Å². The van der Waals surface area contributed by atoms with Crippen molar-refractivity contribution in [2.75, 3.05) is 44.0 Å². The molecule has 1 saturated heterocycles. The molecule has 0 aliphatic carbocycles. The smallest absolute Gasteiger partial charge is 0.419 e. The summed E-state index contributed by atoms with van der Waals surface area (Å²) in [6.45, 7) is 0.142. The number of fused-ring (bicyclic) bond motifs is 1. The maximum absolute atomic E-state index is 13.8. The third-order valence-electron chi connectivity index (χ3n) is 7.31. The Kier molecular flexibility index (Phi) is 9.66. The highest BCUT2D eigenvalue weighted by atomic mass is 32.1. The molecule has 3 aromatic carbocycles. The fraction of sp³-hybridized carbons (Fsp3) is 0.258. The van der Waals surface area contributed by atoms with E-state index >= 15 is 0 Å². The van der Waals surface area contributed by atoms with Crippen LogP contribution in [0.3, 0.4) is 0 Å². The van der Waals surface area contributed by atoms with Crippen molar-refractivity contribution in [3.8, 4) is 5.75 Å². The zero-order valence-electron chi connectivity index (χ0n) is 24.6. The first kappa shape index (κ1) is 34.6.